The van der Waals surface area contributed by atoms with Gasteiger partial charge < -0.3 is 24.7 Å². The number of rotatable bonds is 6. The molecule has 2 N–H and O–H groups in total. The summed E-state index contributed by atoms with van der Waals surface area (Å²) in [5.41, 5.74) is 5.09. The number of fused-ring (bicyclic) bond motifs is 1. The molecule has 0 radical (unpaired) electrons. The van der Waals surface area contributed by atoms with Gasteiger partial charge in [-0.25, -0.2) is 0 Å². The van der Waals surface area contributed by atoms with Gasteiger partial charge in [-0.2, -0.15) is 0 Å². The van der Waals surface area contributed by atoms with E-state index in [-0.39, 0.29) is 36.3 Å². The topological polar surface area (TPSA) is 97.1 Å². The zero-order valence-electron chi connectivity index (χ0n) is 14.0. The Balaban J connectivity index is 1.61. The highest BCUT2D eigenvalue weighted by Gasteiger charge is 2.41. The van der Waals surface area contributed by atoms with Crippen molar-refractivity contribution >= 4 is 11.7 Å². The molecule has 0 aromatic heterocycles. The number of hydrogen-bond donors (Lipinski definition) is 1. The summed E-state index contributed by atoms with van der Waals surface area (Å²) in [6, 6.07) is 6.98. The molecule has 3 unspecified atom stereocenters. The van der Waals surface area contributed by atoms with Crippen LogP contribution in [0.15, 0.2) is 36.3 Å². The van der Waals surface area contributed by atoms with Crippen molar-refractivity contribution in [1.82, 2.24) is 0 Å². The van der Waals surface area contributed by atoms with Crippen molar-refractivity contribution in [2.75, 3.05) is 13.7 Å². The molecule has 0 saturated heterocycles. The number of allylic oxidation sites excluding steroid dienone is 1. The van der Waals surface area contributed by atoms with Crippen LogP contribution in [0.1, 0.15) is 19.3 Å². The Morgan fingerprint density at radius 1 is 1.24 bits per heavy atom. The third-order valence-corrected chi connectivity index (χ3v) is 4.42. The molecule has 2 aliphatic rings. The molecule has 1 amide bonds. The quantitative estimate of drug-likeness (QED) is 0.839. The van der Waals surface area contributed by atoms with Gasteiger partial charge in [0, 0.05) is 6.42 Å². The summed E-state index contributed by atoms with van der Waals surface area (Å²) in [5, 5.41) is 0. The first-order chi connectivity index (χ1) is 12.1. The first-order valence-electron chi connectivity index (χ1n) is 8.18. The van der Waals surface area contributed by atoms with Crippen LogP contribution in [0.2, 0.25) is 0 Å². The molecule has 1 aromatic carbocycles. The van der Waals surface area contributed by atoms with Gasteiger partial charge >= 0.3 is 0 Å². The number of primary amides is 1. The fourth-order valence-corrected chi connectivity index (χ4v) is 3.13. The zero-order chi connectivity index (χ0) is 17.8. The minimum absolute atomic E-state index is 0.0691. The van der Waals surface area contributed by atoms with Crippen LogP contribution < -0.4 is 15.2 Å². The molecule has 1 fully saturated rings. The standard InChI is InChI=1S/C18H21NO6/c1-22-11-2-4-12(5-3-11)25-16-9-24-15-8-13(23-10-17(19)20)6-7-14(15)18(16)21/h2-5,9,13-15H,6-8,10H2,1H3,(H2,19,20). The molecule has 1 saturated carbocycles. The molecule has 3 atom stereocenters. The Hall–Kier alpha value is -2.54. The Kier molecular flexibility index (Phi) is 5.23. The molecule has 25 heavy (non-hydrogen) atoms. The van der Waals surface area contributed by atoms with E-state index in [0.717, 1.165) is 0 Å². The third kappa shape index (κ3) is 4.11. The molecule has 0 bridgehead atoms. The fourth-order valence-electron chi connectivity index (χ4n) is 3.13. The molecule has 1 heterocycles. The smallest absolute Gasteiger partial charge is 0.243 e. The summed E-state index contributed by atoms with van der Waals surface area (Å²) in [7, 11) is 1.58. The van der Waals surface area contributed by atoms with E-state index < -0.39 is 5.91 Å². The zero-order valence-corrected chi connectivity index (χ0v) is 14.0. The van der Waals surface area contributed by atoms with Gasteiger partial charge in [0.1, 0.15) is 30.5 Å². The van der Waals surface area contributed by atoms with Crippen LogP contribution in [0.5, 0.6) is 11.5 Å². The van der Waals surface area contributed by atoms with E-state index >= 15 is 0 Å². The monoisotopic (exact) mass is 347 g/mol. The van der Waals surface area contributed by atoms with Crippen LogP contribution in [-0.4, -0.2) is 37.6 Å². The molecule has 7 heteroatoms. The number of benzene rings is 1. The van der Waals surface area contributed by atoms with Crippen LogP contribution in [0.4, 0.5) is 0 Å². The Morgan fingerprint density at radius 3 is 2.64 bits per heavy atom. The van der Waals surface area contributed by atoms with Gasteiger partial charge in [-0.3, -0.25) is 9.59 Å². The van der Waals surface area contributed by atoms with Gasteiger partial charge in [-0.15, -0.1) is 0 Å². The second-order valence-corrected chi connectivity index (χ2v) is 6.12. The van der Waals surface area contributed by atoms with E-state index in [4.69, 9.17) is 24.7 Å². The second-order valence-electron chi connectivity index (χ2n) is 6.12. The molecule has 134 valence electrons. The van der Waals surface area contributed by atoms with Gasteiger partial charge in [0.2, 0.25) is 17.4 Å². The van der Waals surface area contributed by atoms with Crippen molar-refractivity contribution in [2.24, 2.45) is 11.7 Å². The molecule has 1 aliphatic heterocycles. The fraction of sp³-hybridized carbons (Fsp3) is 0.444. The van der Waals surface area contributed by atoms with E-state index in [9.17, 15) is 9.59 Å². The Morgan fingerprint density at radius 2 is 1.96 bits per heavy atom. The maximum absolute atomic E-state index is 12.6. The SMILES string of the molecule is COc1ccc(OC2=COC3CC(OCC(N)=O)CCC3C2=O)cc1. The van der Waals surface area contributed by atoms with Gasteiger partial charge in [-0.1, -0.05) is 0 Å². The number of carbonyl (C=O) groups excluding carboxylic acids is 2. The largest absolute Gasteiger partial charge is 0.497 e. The molecule has 1 aromatic rings. The minimum Gasteiger partial charge on any atom is -0.497 e. The number of carbonyl (C=O) groups is 2. The van der Waals surface area contributed by atoms with Crippen LogP contribution in [0.25, 0.3) is 0 Å². The summed E-state index contributed by atoms with van der Waals surface area (Å²) in [4.78, 5) is 23.5. The van der Waals surface area contributed by atoms with E-state index in [1.54, 1.807) is 31.4 Å². The molecule has 1 aliphatic carbocycles. The third-order valence-electron chi connectivity index (χ3n) is 4.42. The van der Waals surface area contributed by atoms with Crippen molar-refractivity contribution < 1.29 is 28.5 Å². The molecule has 0 spiro atoms. The predicted molar refractivity (Wildman–Crippen MR) is 87.9 cm³/mol. The van der Waals surface area contributed by atoms with Crippen molar-refractivity contribution in [3.8, 4) is 11.5 Å². The van der Waals surface area contributed by atoms with E-state index in [1.807, 2.05) is 0 Å². The lowest BCUT2D eigenvalue weighted by Gasteiger charge is -2.36. The lowest BCUT2D eigenvalue weighted by molar-refractivity contribution is -0.137. The number of hydrogen-bond acceptors (Lipinski definition) is 6. The summed E-state index contributed by atoms with van der Waals surface area (Å²) in [6.07, 6.45) is 2.83. The number of nitrogens with two attached hydrogens (primary N) is 1. The number of ether oxygens (including phenoxy) is 4. The summed E-state index contributed by atoms with van der Waals surface area (Å²) in [6.45, 7) is -0.113. The summed E-state index contributed by atoms with van der Waals surface area (Å²) < 4.78 is 21.9. The van der Waals surface area contributed by atoms with E-state index in [1.165, 1.54) is 6.26 Å². The average Bonchev–Trinajstić information content (AvgIpc) is 2.63. The Bertz CT molecular complexity index is 669. The van der Waals surface area contributed by atoms with Crippen LogP contribution in [0, 0.1) is 5.92 Å². The van der Waals surface area contributed by atoms with Crippen LogP contribution in [-0.2, 0) is 19.1 Å². The van der Waals surface area contributed by atoms with Crippen molar-refractivity contribution in [3.63, 3.8) is 0 Å². The Labute approximate surface area is 145 Å². The molecular weight excluding hydrogens is 326 g/mol. The maximum Gasteiger partial charge on any atom is 0.243 e. The first-order valence-corrected chi connectivity index (χ1v) is 8.18. The molecular formula is C18H21NO6. The van der Waals surface area contributed by atoms with Crippen molar-refractivity contribution in [1.29, 1.82) is 0 Å². The highest BCUT2D eigenvalue weighted by atomic mass is 16.5. The average molecular weight is 347 g/mol. The predicted octanol–water partition coefficient (Wildman–Crippen LogP) is 1.55. The highest BCUT2D eigenvalue weighted by Crippen LogP contribution is 2.35. The molecule has 7 nitrogen and oxygen atoms in total. The van der Waals surface area contributed by atoms with Gasteiger partial charge in [0.15, 0.2) is 0 Å². The van der Waals surface area contributed by atoms with Crippen LogP contribution in [0.3, 0.4) is 0 Å². The van der Waals surface area contributed by atoms with Crippen LogP contribution >= 0.6 is 0 Å². The molecule has 3 rings (SSSR count). The number of amides is 1. The second kappa shape index (κ2) is 7.57. The normalized spacial score (nSPS) is 25.4. The lowest BCUT2D eigenvalue weighted by Crippen LogP contribution is -2.43. The van der Waals surface area contributed by atoms with E-state index in [2.05, 4.69) is 0 Å². The van der Waals surface area contributed by atoms with Gasteiger partial charge in [0.25, 0.3) is 0 Å². The summed E-state index contributed by atoms with van der Waals surface area (Å²) in [5.74, 6) is 0.621. The highest BCUT2D eigenvalue weighted by molar-refractivity contribution is 5.96. The van der Waals surface area contributed by atoms with Gasteiger partial charge in [-0.05, 0) is 37.1 Å². The van der Waals surface area contributed by atoms with E-state index in [0.29, 0.717) is 30.8 Å². The van der Waals surface area contributed by atoms with Crippen molar-refractivity contribution in [3.05, 3.63) is 36.3 Å². The van der Waals surface area contributed by atoms with Crippen molar-refractivity contribution in [2.45, 2.75) is 31.5 Å². The maximum atomic E-state index is 12.6. The summed E-state index contributed by atoms with van der Waals surface area (Å²) >= 11 is 0. The number of methoxy groups -OCH3 is 1. The number of ketones is 1. The lowest BCUT2D eigenvalue weighted by atomic mass is 9.80. The first kappa shape index (κ1) is 17.3. The minimum atomic E-state index is -0.502. The number of Topliss-reactive ketones (excluding diaryl/α,β-unsaturated/α-hetero) is 1. The van der Waals surface area contributed by atoms with Gasteiger partial charge in [0.05, 0.1) is 19.1 Å².